The van der Waals surface area contributed by atoms with Gasteiger partial charge in [0.15, 0.2) is 0 Å². The largest absolute Gasteiger partial charge is 0.439 e. The molecule has 0 aliphatic heterocycles. The predicted octanol–water partition coefficient (Wildman–Crippen LogP) is 5.61. The molecule has 2 aromatic heterocycles. The molecule has 0 radical (unpaired) electrons. The lowest BCUT2D eigenvalue weighted by Crippen LogP contribution is -2.01. The van der Waals surface area contributed by atoms with E-state index in [4.69, 9.17) is 4.42 Å². The highest BCUT2D eigenvalue weighted by molar-refractivity contribution is 6.07. The van der Waals surface area contributed by atoms with Crippen molar-refractivity contribution in [1.82, 2.24) is 4.57 Å². The van der Waals surface area contributed by atoms with Crippen LogP contribution >= 0.6 is 0 Å². The Hall–Kier alpha value is -2.48. The van der Waals surface area contributed by atoms with Gasteiger partial charge in [-0.3, -0.25) is 4.57 Å². The second-order valence-corrected chi connectivity index (χ2v) is 6.06. The number of para-hydroxylation sites is 2. The van der Waals surface area contributed by atoms with Crippen LogP contribution in [-0.4, -0.2) is 4.57 Å². The molecule has 110 valence electrons. The van der Waals surface area contributed by atoms with Gasteiger partial charge in [0, 0.05) is 11.1 Å². The van der Waals surface area contributed by atoms with E-state index < -0.39 is 0 Å². The van der Waals surface area contributed by atoms with Crippen molar-refractivity contribution in [3.05, 3.63) is 64.8 Å². The molecule has 2 nitrogen and oxygen atoms in total. The van der Waals surface area contributed by atoms with Crippen LogP contribution in [0.5, 0.6) is 0 Å². The lowest BCUT2D eigenvalue weighted by molar-refractivity contribution is 0.639. The first-order valence-electron chi connectivity index (χ1n) is 7.65. The topological polar surface area (TPSA) is 18.1 Å². The Morgan fingerprint density at radius 1 is 0.818 bits per heavy atom. The summed E-state index contributed by atoms with van der Waals surface area (Å²) < 4.78 is 8.49. The van der Waals surface area contributed by atoms with E-state index in [9.17, 15) is 0 Å². The van der Waals surface area contributed by atoms with Crippen LogP contribution in [0.2, 0.25) is 0 Å². The highest BCUT2D eigenvalue weighted by Gasteiger charge is 2.20. The number of furan rings is 1. The summed E-state index contributed by atoms with van der Waals surface area (Å²) in [6.45, 7) is 8.67. The first-order chi connectivity index (χ1) is 10.6. The summed E-state index contributed by atoms with van der Waals surface area (Å²) in [6, 6.07) is 14.7. The van der Waals surface area contributed by atoms with Gasteiger partial charge in [-0.1, -0.05) is 36.4 Å². The van der Waals surface area contributed by atoms with Gasteiger partial charge in [0.2, 0.25) is 5.71 Å². The highest BCUT2D eigenvalue weighted by atomic mass is 16.3. The first-order valence-corrected chi connectivity index (χ1v) is 7.65. The second-order valence-electron chi connectivity index (χ2n) is 6.06. The molecule has 0 fully saturated rings. The highest BCUT2D eigenvalue weighted by Crippen LogP contribution is 2.37. The Bertz CT molecular complexity index is 997. The minimum absolute atomic E-state index is 0.952. The van der Waals surface area contributed by atoms with Crippen molar-refractivity contribution in [3.63, 3.8) is 0 Å². The average Bonchev–Trinajstić information content (AvgIpc) is 2.98. The molecule has 0 spiro atoms. The molecule has 0 aliphatic carbocycles. The van der Waals surface area contributed by atoms with Gasteiger partial charge in [-0.2, -0.15) is 0 Å². The smallest absolute Gasteiger partial charge is 0.213 e. The number of hydrogen-bond acceptors (Lipinski definition) is 1. The van der Waals surface area contributed by atoms with E-state index in [0.29, 0.717) is 0 Å². The van der Waals surface area contributed by atoms with Crippen molar-refractivity contribution in [2.24, 2.45) is 0 Å². The molecular formula is C20H19NO. The van der Waals surface area contributed by atoms with Gasteiger partial charge >= 0.3 is 0 Å². The lowest BCUT2D eigenvalue weighted by Gasteiger charge is -2.13. The summed E-state index contributed by atoms with van der Waals surface area (Å²) in [7, 11) is 0. The Morgan fingerprint density at radius 3 is 2.23 bits per heavy atom. The summed E-state index contributed by atoms with van der Waals surface area (Å²) in [6.07, 6.45) is 0. The van der Waals surface area contributed by atoms with Gasteiger partial charge < -0.3 is 4.42 Å². The van der Waals surface area contributed by atoms with Crippen LogP contribution in [0.4, 0.5) is 0 Å². The number of rotatable bonds is 1. The zero-order valence-corrected chi connectivity index (χ0v) is 13.4. The minimum atomic E-state index is 0.952. The molecule has 0 bridgehead atoms. The molecule has 0 saturated heterocycles. The SMILES string of the molecule is Cc1cccc(C)c1-n1c(C)c(C)c2c3ccccc3oc21. The monoisotopic (exact) mass is 289 g/mol. The van der Waals surface area contributed by atoms with Gasteiger partial charge in [-0.25, -0.2) is 0 Å². The molecular weight excluding hydrogens is 270 g/mol. The summed E-state index contributed by atoms with van der Waals surface area (Å²) in [5, 5.41) is 2.43. The Balaban J connectivity index is 2.21. The van der Waals surface area contributed by atoms with E-state index in [2.05, 4.69) is 62.6 Å². The number of nitrogens with zero attached hydrogens (tertiary/aromatic N) is 1. The summed E-state index contributed by atoms with van der Waals surface area (Å²) in [4.78, 5) is 0. The third-order valence-corrected chi connectivity index (χ3v) is 4.70. The third kappa shape index (κ3) is 1.61. The van der Waals surface area contributed by atoms with Crippen molar-refractivity contribution in [2.45, 2.75) is 27.7 Å². The molecule has 0 amide bonds. The normalized spacial score (nSPS) is 11.6. The van der Waals surface area contributed by atoms with Crippen LogP contribution in [0.3, 0.4) is 0 Å². The Kier molecular flexibility index (Phi) is 2.70. The standard InChI is InChI=1S/C20H19NO/c1-12-8-7-9-13(2)19(12)21-15(4)14(3)18-16-10-5-6-11-17(16)22-20(18)21/h5-11H,1-4H3. The zero-order chi connectivity index (χ0) is 15.4. The maximum Gasteiger partial charge on any atom is 0.213 e. The summed E-state index contributed by atoms with van der Waals surface area (Å²) in [5.41, 5.74) is 8.21. The van der Waals surface area contributed by atoms with E-state index in [0.717, 1.165) is 11.3 Å². The van der Waals surface area contributed by atoms with Crippen LogP contribution in [-0.2, 0) is 0 Å². The maximum atomic E-state index is 6.21. The Morgan fingerprint density at radius 2 is 1.50 bits per heavy atom. The fraction of sp³-hybridized carbons (Fsp3) is 0.200. The fourth-order valence-electron chi connectivity index (χ4n) is 3.48. The Labute approximate surface area is 130 Å². The molecule has 0 N–H and O–H groups in total. The maximum absolute atomic E-state index is 6.21. The summed E-state index contributed by atoms with van der Waals surface area (Å²) >= 11 is 0. The molecule has 2 aromatic carbocycles. The van der Waals surface area contributed by atoms with E-state index in [-0.39, 0.29) is 0 Å². The van der Waals surface area contributed by atoms with Crippen LogP contribution in [0.1, 0.15) is 22.4 Å². The van der Waals surface area contributed by atoms with Crippen molar-refractivity contribution >= 4 is 22.1 Å². The molecule has 0 aliphatic rings. The van der Waals surface area contributed by atoms with E-state index in [1.807, 2.05) is 12.1 Å². The van der Waals surface area contributed by atoms with Gasteiger partial charge in [-0.15, -0.1) is 0 Å². The first kappa shape index (κ1) is 13.2. The van der Waals surface area contributed by atoms with Crippen molar-refractivity contribution < 1.29 is 4.42 Å². The number of hydrogen-bond donors (Lipinski definition) is 0. The second kappa shape index (κ2) is 4.51. The summed E-state index contributed by atoms with van der Waals surface area (Å²) in [5.74, 6) is 0. The quantitative estimate of drug-likeness (QED) is 0.445. The van der Waals surface area contributed by atoms with E-state index in [1.165, 1.54) is 38.8 Å². The molecule has 2 heteroatoms. The molecule has 22 heavy (non-hydrogen) atoms. The number of fused-ring (bicyclic) bond motifs is 3. The molecule has 0 unspecified atom stereocenters. The van der Waals surface area contributed by atoms with Crippen molar-refractivity contribution in [1.29, 1.82) is 0 Å². The number of aryl methyl sites for hydroxylation is 3. The van der Waals surface area contributed by atoms with E-state index >= 15 is 0 Å². The number of aromatic nitrogens is 1. The molecule has 0 saturated carbocycles. The molecule has 0 atom stereocenters. The average molecular weight is 289 g/mol. The van der Waals surface area contributed by atoms with Crippen LogP contribution in [0.25, 0.3) is 27.8 Å². The van der Waals surface area contributed by atoms with Crippen LogP contribution < -0.4 is 0 Å². The third-order valence-electron chi connectivity index (χ3n) is 4.70. The molecule has 4 aromatic rings. The molecule has 2 heterocycles. The predicted molar refractivity (Wildman–Crippen MR) is 92.0 cm³/mol. The molecule has 4 rings (SSSR count). The number of benzene rings is 2. The van der Waals surface area contributed by atoms with Crippen LogP contribution in [0, 0.1) is 27.7 Å². The van der Waals surface area contributed by atoms with Gasteiger partial charge in [0.25, 0.3) is 0 Å². The van der Waals surface area contributed by atoms with Gasteiger partial charge in [0.1, 0.15) is 5.58 Å². The fourth-order valence-corrected chi connectivity index (χ4v) is 3.48. The minimum Gasteiger partial charge on any atom is -0.439 e. The zero-order valence-electron chi connectivity index (χ0n) is 13.4. The van der Waals surface area contributed by atoms with Crippen LogP contribution in [0.15, 0.2) is 46.9 Å². The van der Waals surface area contributed by atoms with Crippen molar-refractivity contribution in [3.8, 4) is 5.69 Å². The van der Waals surface area contributed by atoms with Crippen molar-refractivity contribution in [2.75, 3.05) is 0 Å². The van der Waals surface area contributed by atoms with Gasteiger partial charge in [0.05, 0.1) is 11.1 Å². The van der Waals surface area contributed by atoms with Gasteiger partial charge in [-0.05, 0) is 50.5 Å². The van der Waals surface area contributed by atoms with E-state index in [1.54, 1.807) is 0 Å². The lowest BCUT2D eigenvalue weighted by atomic mass is 10.1.